The monoisotopic (exact) mass is 255 g/mol. The van der Waals surface area contributed by atoms with Crippen molar-refractivity contribution in [1.29, 1.82) is 0 Å². The smallest absolute Gasteiger partial charge is 0.141 e. The number of halogens is 1. The van der Waals surface area contributed by atoms with Crippen molar-refractivity contribution in [2.24, 2.45) is 10.9 Å². The van der Waals surface area contributed by atoms with Gasteiger partial charge in [0, 0.05) is 12.5 Å². The lowest BCUT2D eigenvalue weighted by atomic mass is 10.1. The molecule has 4 N–H and O–H groups in total. The van der Waals surface area contributed by atoms with Crippen LogP contribution in [0.15, 0.2) is 23.4 Å². The minimum absolute atomic E-state index is 0.102. The lowest BCUT2D eigenvalue weighted by Crippen LogP contribution is -2.26. The fourth-order valence-corrected chi connectivity index (χ4v) is 1.75. The lowest BCUT2D eigenvalue weighted by molar-refractivity contribution is 0.316. The number of anilines is 1. The summed E-state index contributed by atoms with van der Waals surface area (Å²) in [6.07, 6.45) is 1.35. The summed E-state index contributed by atoms with van der Waals surface area (Å²) in [5.41, 5.74) is 7.40. The molecule has 1 aromatic carbocycles. The van der Waals surface area contributed by atoms with Gasteiger partial charge in [-0.3, -0.25) is 0 Å². The number of hydrogen-bond donors (Lipinski definition) is 3. The van der Waals surface area contributed by atoms with E-state index in [9.17, 15) is 0 Å². The Morgan fingerprint density at radius 3 is 2.88 bits per heavy atom. The van der Waals surface area contributed by atoms with Crippen LogP contribution in [-0.2, 0) is 0 Å². The summed E-state index contributed by atoms with van der Waals surface area (Å²) in [4.78, 5) is 0. The Kier molecular flexibility index (Phi) is 5.10. The molecule has 0 spiro atoms. The molecule has 0 saturated heterocycles. The van der Waals surface area contributed by atoms with Gasteiger partial charge in [0.1, 0.15) is 5.84 Å². The first-order valence-electron chi connectivity index (χ1n) is 5.56. The first-order chi connectivity index (χ1) is 8.08. The summed E-state index contributed by atoms with van der Waals surface area (Å²) in [7, 11) is 0. The normalized spacial score (nSPS) is 13.5. The van der Waals surface area contributed by atoms with Gasteiger partial charge in [-0.05, 0) is 25.0 Å². The zero-order valence-electron chi connectivity index (χ0n) is 10.1. The molecule has 0 aromatic heterocycles. The van der Waals surface area contributed by atoms with E-state index in [1.807, 2.05) is 32.0 Å². The minimum Gasteiger partial charge on any atom is -0.409 e. The maximum absolute atomic E-state index is 8.55. The summed E-state index contributed by atoms with van der Waals surface area (Å²) in [5, 5.41) is 15.5. The molecule has 0 aliphatic rings. The highest BCUT2D eigenvalue weighted by Gasteiger charge is 2.11. The molecule has 94 valence electrons. The molecule has 1 unspecified atom stereocenters. The van der Waals surface area contributed by atoms with E-state index in [2.05, 4.69) is 10.5 Å². The molecule has 1 aromatic rings. The van der Waals surface area contributed by atoms with Gasteiger partial charge in [-0.1, -0.05) is 35.8 Å². The van der Waals surface area contributed by atoms with Crippen molar-refractivity contribution in [2.75, 3.05) is 5.32 Å². The van der Waals surface area contributed by atoms with Gasteiger partial charge in [0.15, 0.2) is 0 Å². The Morgan fingerprint density at radius 2 is 2.29 bits per heavy atom. The van der Waals surface area contributed by atoms with Gasteiger partial charge >= 0.3 is 0 Å². The van der Waals surface area contributed by atoms with Crippen molar-refractivity contribution in [2.45, 2.75) is 32.7 Å². The van der Waals surface area contributed by atoms with Gasteiger partial charge in [0.25, 0.3) is 0 Å². The molecular weight excluding hydrogens is 238 g/mol. The number of nitrogens with two attached hydrogens (primary N) is 1. The first-order valence-corrected chi connectivity index (χ1v) is 5.94. The summed E-state index contributed by atoms with van der Waals surface area (Å²) < 4.78 is 0. The van der Waals surface area contributed by atoms with Crippen molar-refractivity contribution in [1.82, 2.24) is 0 Å². The van der Waals surface area contributed by atoms with Crippen LogP contribution in [0, 0.1) is 6.92 Å². The van der Waals surface area contributed by atoms with Gasteiger partial charge in [0.2, 0.25) is 0 Å². The van der Waals surface area contributed by atoms with Gasteiger partial charge in [-0.25, -0.2) is 0 Å². The van der Waals surface area contributed by atoms with E-state index in [1.54, 1.807) is 0 Å². The lowest BCUT2D eigenvalue weighted by Gasteiger charge is -2.19. The van der Waals surface area contributed by atoms with E-state index < -0.39 is 0 Å². The SMILES string of the molecule is CCC(C/C(N)=N/O)Nc1cccc(C)c1Cl. The highest BCUT2D eigenvalue weighted by Crippen LogP contribution is 2.26. The molecule has 5 heteroatoms. The number of amidine groups is 1. The topological polar surface area (TPSA) is 70.6 Å². The quantitative estimate of drug-likeness (QED) is 0.328. The zero-order valence-corrected chi connectivity index (χ0v) is 10.8. The number of benzene rings is 1. The van der Waals surface area contributed by atoms with Gasteiger partial charge in [-0.2, -0.15) is 0 Å². The second-order valence-electron chi connectivity index (χ2n) is 3.98. The number of hydrogen-bond acceptors (Lipinski definition) is 3. The summed E-state index contributed by atoms with van der Waals surface area (Å²) >= 11 is 6.19. The first kappa shape index (κ1) is 13.6. The second kappa shape index (κ2) is 6.35. The van der Waals surface area contributed by atoms with E-state index in [1.165, 1.54) is 0 Å². The minimum atomic E-state index is 0.102. The van der Waals surface area contributed by atoms with Crippen molar-refractivity contribution in [3.63, 3.8) is 0 Å². The third-order valence-corrected chi connectivity index (χ3v) is 3.13. The number of rotatable bonds is 5. The van der Waals surface area contributed by atoms with Crippen LogP contribution in [0.1, 0.15) is 25.3 Å². The predicted molar refractivity (Wildman–Crippen MR) is 71.9 cm³/mol. The molecule has 0 bridgehead atoms. The van der Waals surface area contributed by atoms with Crippen LogP contribution in [0.25, 0.3) is 0 Å². The predicted octanol–water partition coefficient (Wildman–Crippen LogP) is 2.98. The van der Waals surface area contributed by atoms with Crippen LogP contribution in [-0.4, -0.2) is 17.1 Å². The van der Waals surface area contributed by atoms with Crippen molar-refractivity contribution >= 4 is 23.1 Å². The number of aryl methyl sites for hydroxylation is 1. The molecule has 1 rings (SSSR count). The van der Waals surface area contributed by atoms with E-state index in [-0.39, 0.29) is 11.9 Å². The average molecular weight is 256 g/mol. The van der Waals surface area contributed by atoms with E-state index in [0.717, 1.165) is 17.7 Å². The Labute approximate surface area is 106 Å². The van der Waals surface area contributed by atoms with E-state index in [4.69, 9.17) is 22.5 Å². The van der Waals surface area contributed by atoms with Crippen molar-refractivity contribution in [3.05, 3.63) is 28.8 Å². The largest absolute Gasteiger partial charge is 0.409 e. The van der Waals surface area contributed by atoms with Gasteiger partial charge < -0.3 is 16.3 Å². The molecule has 0 fully saturated rings. The maximum Gasteiger partial charge on any atom is 0.141 e. The second-order valence-corrected chi connectivity index (χ2v) is 4.36. The summed E-state index contributed by atoms with van der Waals surface area (Å²) in [5.74, 6) is 0.216. The van der Waals surface area contributed by atoms with E-state index >= 15 is 0 Å². The Bertz CT molecular complexity index is 407. The molecule has 0 saturated carbocycles. The molecule has 4 nitrogen and oxygen atoms in total. The van der Waals surface area contributed by atoms with Gasteiger partial charge in [0.05, 0.1) is 10.7 Å². The highest BCUT2D eigenvalue weighted by molar-refractivity contribution is 6.34. The molecule has 0 radical (unpaired) electrons. The number of oxime groups is 1. The standard InChI is InChI=1S/C12H18ClN3O/c1-3-9(7-11(14)16-17)15-10-6-4-5-8(2)12(10)13/h4-6,9,15,17H,3,7H2,1-2H3,(H2,14,16). The molecule has 1 atom stereocenters. The average Bonchev–Trinajstić information content (AvgIpc) is 2.33. The third-order valence-electron chi connectivity index (χ3n) is 2.63. The van der Waals surface area contributed by atoms with Crippen LogP contribution in [0.3, 0.4) is 0 Å². The Balaban J connectivity index is 2.77. The van der Waals surface area contributed by atoms with Crippen LogP contribution < -0.4 is 11.1 Å². The van der Waals surface area contributed by atoms with E-state index in [0.29, 0.717) is 11.4 Å². The zero-order chi connectivity index (χ0) is 12.8. The molecule has 0 aliphatic carbocycles. The summed E-state index contributed by atoms with van der Waals surface area (Å²) in [6, 6.07) is 5.92. The Morgan fingerprint density at radius 1 is 1.59 bits per heavy atom. The van der Waals surface area contributed by atoms with Crippen LogP contribution in [0.5, 0.6) is 0 Å². The van der Waals surface area contributed by atoms with Crippen molar-refractivity contribution in [3.8, 4) is 0 Å². The molecular formula is C12H18ClN3O. The fourth-order valence-electron chi connectivity index (χ4n) is 1.57. The molecule has 0 aliphatic heterocycles. The molecule has 0 amide bonds. The van der Waals surface area contributed by atoms with Crippen LogP contribution in [0.4, 0.5) is 5.69 Å². The number of nitrogens with zero attached hydrogens (tertiary/aromatic N) is 1. The van der Waals surface area contributed by atoms with Crippen molar-refractivity contribution < 1.29 is 5.21 Å². The molecule has 0 heterocycles. The highest BCUT2D eigenvalue weighted by atomic mass is 35.5. The Hall–Kier alpha value is -1.42. The van der Waals surface area contributed by atoms with Gasteiger partial charge in [-0.15, -0.1) is 0 Å². The fraction of sp³-hybridized carbons (Fsp3) is 0.417. The molecule has 17 heavy (non-hydrogen) atoms. The number of nitrogens with one attached hydrogen (secondary N) is 1. The van der Waals surface area contributed by atoms with Crippen LogP contribution in [0.2, 0.25) is 5.02 Å². The summed E-state index contributed by atoms with van der Waals surface area (Å²) in [6.45, 7) is 3.99. The maximum atomic E-state index is 8.55. The van der Waals surface area contributed by atoms with Crippen LogP contribution >= 0.6 is 11.6 Å². The third kappa shape index (κ3) is 3.82.